The van der Waals surface area contributed by atoms with E-state index in [0.29, 0.717) is 32.2 Å². The van der Waals surface area contributed by atoms with Gasteiger partial charge in [0.15, 0.2) is 5.96 Å². The number of hydrogen-bond donors (Lipinski definition) is 2. The number of rotatable bonds is 8. The fourth-order valence-corrected chi connectivity index (χ4v) is 2.54. The molecule has 1 unspecified atom stereocenters. The first kappa shape index (κ1) is 25.2. The Morgan fingerprint density at radius 1 is 1.23 bits per heavy atom. The van der Waals surface area contributed by atoms with Crippen molar-refractivity contribution in [2.45, 2.75) is 32.8 Å². The third-order valence-corrected chi connectivity index (χ3v) is 3.66. The number of methoxy groups -OCH3 is 1. The van der Waals surface area contributed by atoms with Gasteiger partial charge < -0.3 is 29.7 Å². The maximum absolute atomic E-state index is 11.6. The molecule has 0 aromatic heterocycles. The summed E-state index contributed by atoms with van der Waals surface area (Å²) in [6.07, 6.45) is 0.683. The molecule has 0 saturated carbocycles. The van der Waals surface area contributed by atoms with E-state index in [4.69, 9.17) is 14.2 Å². The van der Waals surface area contributed by atoms with Crippen molar-refractivity contribution < 1.29 is 19.0 Å². The summed E-state index contributed by atoms with van der Waals surface area (Å²) >= 11 is 0. The average Bonchev–Trinajstić information content (AvgIpc) is 2.98. The van der Waals surface area contributed by atoms with E-state index in [1.807, 2.05) is 20.8 Å². The minimum Gasteiger partial charge on any atom is -0.444 e. The van der Waals surface area contributed by atoms with E-state index in [0.717, 1.165) is 32.1 Å². The number of nitrogens with one attached hydrogen (secondary N) is 2. The number of guanidine groups is 1. The van der Waals surface area contributed by atoms with Crippen LogP contribution in [0.1, 0.15) is 27.2 Å². The van der Waals surface area contributed by atoms with Crippen LogP contribution in [0.15, 0.2) is 4.99 Å². The van der Waals surface area contributed by atoms with Crippen LogP contribution in [0.25, 0.3) is 0 Å². The fraction of sp³-hybridized carbons (Fsp3) is 0.882. The number of alkyl carbamates (subject to hydrolysis) is 1. The molecule has 1 heterocycles. The van der Waals surface area contributed by atoms with Gasteiger partial charge in [0, 0.05) is 46.3 Å². The normalized spacial score (nSPS) is 17.7. The summed E-state index contributed by atoms with van der Waals surface area (Å²) in [6, 6.07) is 0. The van der Waals surface area contributed by atoms with Crippen molar-refractivity contribution in [1.29, 1.82) is 0 Å². The monoisotopic (exact) mass is 486 g/mol. The Labute approximate surface area is 174 Å². The van der Waals surface area contributed by atoms with E-state index in [-0.39, 0.29) is 24.0 Å². The Hall–Kier alpha value is -0.810. The second-order valence-electron chi connectivity index (χ2n) is 7.07. The number of amides is 1. The number of nitrogens with zero attached hydrogens (tertiary/aromatic N) is 2. The van der Waals surface area contributed by atoms with Gasteiger partial charge in [0.25, 0.3) is 0 Å². The molecule has 9 heteroatoms. The van der Waals surface area contributed by atoms with Gasteiger partial charge in [-0.15, -0.1) is 24.0 Å². The molecule has 1 saturated heterocycles. The average molecular weight is 486 g/mol. The van der Waals surface area contributed by atoms with Gasteiger partial charge in [0.1, 0.15) is 5.60 Å². The molecule has 1 rings (SSSR count). The lowest BCUT2D eigenvalue weighted by atomic mass is 10.1. The highest BCUT2D eigenvalue weighted by atomic mass is 127. The first-order valence-corrected chi connectivity index (χ1v) is 8.85. The smallest absolute Gasteiger partial charge is 0.407 e. The van der Waals surface area contributed by atoms with E-state index in [1.165, 1.54) is 0 Å². The molecule has 1 aliphatic rings. The summed E-state index contributed by atoms with van der Waals surface area (Å²) in [5, 5.41) is 6.00. The van der Waals surface area contributed by atoms with Crippen LogP contribution in [0, 0.1) is 5.92 Å². The number of halogens is 1. The molecule has 0 bridgehead atoms. The minimum absolute atomic E-state index is 0. The molecule has 0 spiro atoms. The third-order valence-electron chi connectivity index (χ3n) is 3.66. The number of aliphatic imine (C=N–C) groups is 1. The number of hydrogen-bond acceptors (Lipinski definition) is 5. The van der Waals surface area contributed by atoms with Crippen LogP contribution in [0.2, 0.25) is 0 Å². The summed E-state index contributed by atoms with van der Waals surface area (Å²) in [5.41, 5.74) is -0.483. The molecule has 26 heavy (non-hydrogen) atoms. The van der Waals surface area contributed by atoms with Crippen LogP contribution in [0.4, 0.5) is 4.79 Å². The molecule has 1 fully saturated rings. The molecule has 8 nitrogen and oxygen atoms in total. The maximum atomic E-state index is 11.6. The lowest BCUT2D eigenvalue weighted by Crippen LogP contribution is -2.44. The largest absolute Gasteiger partial charge is 0.444 e. The molecule has 0 aromatic rings. The number of carbonyl (C=O) groups excluding carboxylic acids is 1. The Morgan fingerprint density at radius 2 is 1.92 bits per heavy atom. The Bertz CT molecular complexity index is 429. The van der Waals surface area contributed by atoms with E-state index < -0.39 is 11.7 Å². The maximum Gasteiger partial charge on any atom is 0.407 e. The molecule has 0 radical (unpaired) electrons. The van der Waals surface area contributed by atoms with Crippen LogP contribution in [0.3, 0.4) is 0 Å². The van der Waals surface area contributed by atoms with E-state index >= 15 is 0 Å². The Morgan fingerprint density at radius 3 is 2.54 bits per heavy atom. The van der Waals surface area contributed by atoms with Crippen molar-refractivity contribution in [3.05, 3.63) is 0 Å². The summed E-state index contributed by atoms with van der Waals surface area (Å²) < 4.78 is 15.8. The number of ether oxygens (including phenoxy) is 3. The highest BCUT2D eigenvalue weighted by Gasteiger charge is 2.24. The van der Waals surface area contributed by atoms with Crippen LogP contribution in [-0.4, -0.2) is 82.7 Å². The van der Waals surface area contributed by atoms with Gasteiger partial charge in [-0.2, -0.15) is 0 Å². The van der Waals surface area contributed by atoms with Gasteiger partial charge in [-0.3, -0.25) is 4.99 Å². The van der Waals surface area contributed by atoms with Gasteiger partial charge in [0.05, 0.1) is 19.8 Å². The van der Waals surface area contributed by atoms with Crippen molar-refractivity contribution in [2.75, 3.05) is 60.2 Å². The molecule has 154 valence electrons. The quantitative estimate of drug-likeness (QED) is 0.235. The standard InChI is InChI=1S/C17H34N4O4.HI/c1-17(2,3)25-16(22)20-8-7-19-15(18-4)21-9-6-14(12-21)13-24-11-10-23-5;/h14H,6-13H2,1-5H3,(H,18,19)(H,20,22);1H. The molecule has 1 aliphatic heterocycles. The van der Waals surface area contributed by atoms with Gasteiger partial charge in [-0.1, -0.05) is 0 Å². The fourth-order valence-electron chi connectivity index (χ4n) is 2.54. The molecule has 2 N–H and O–H groups in total. The van der Waals surface area contributed by atoms with Gasteiger partial charge in [0.2, 0.25) is 0 Å². The lowest BCUT2D eigenvalue weighted by molar-refractivity contribution is 0.0528. The SMILES string of the molecule is CN=C(NCCNC(=O)OC(C)(C)C)N1CCC(COCCOC)C1.I. The predicted molar refractivity (Wildman–Crippen MR) is 113 cm³/mol. The van der Waals surface area contributed by atoms with E-state index in [9.17, 15) is 4.79 Å². The molecule has 1 atom stereocenters. The second-order valence-corrected chi connectivity index (χ2v) is 7.07. The molecular formula is C17H35IN4O4. The third kappa shape index (κ3) is 11.0. The van der Waals surface area contributed by atoms with Crippen molar-refractivity contribution >= 4 is 36.0 Å². The van der Waals surface area contributed by atoms with Gasteiger partial charge in [-0.05, 0) is 27.2 Å². The van der Waals surface area contributed by atoms with E-state index in [2.05, 4.69) is 20.5 Å². The van der Waals surface area contributed by atoms with Crippen LogP contribution < -0.4 is 10.6 Å². The first-order valence-electron chi connectivity index (χ1n) is 8.85. The molecular weight excluding hydrogens is 451 g/mol. The second kappa shape index (κ2) is 13.4. The molecule has 0 aromatic carbocycles. The molecule has 0 aliphatic carbocycles. The lowest BCUT2D eigenvalue weighted by Gasteiger charge is -2.22. The summed E-state index contributed by atoms with van der Waals surface area (Å²) in [6.45, 7) is 10.5. The van der Waals surface area contributed by atoms with Crippen molar-refractivity contribution in [1.82, 2.24) is 15.5 Å². The van der Waals surface area contributed by atoms with Crippen LogP contribution in [-0.2, 0) is 14.2 Å². The zero-order chi connectivity index (χ0) is 18.7. The minimum atomic E-state index is -0.483. The van der Waals surface area contributed by atoms with Crippen molar-refractivity contribution in [2.24, 2.45) is 10.9 Å². The van der Waals surface area contributed by atoms with Crippen LogP contribution in [0.5, 0.6) is 0 Å². The Balaban J connectivity index is 0.00000625. The topological polar surface area (TPSA) is 84.4 Å². The Kier molecular flexibility index (Phi) is 13.0. The number of carbonyl (C=O) groups is 1. The zero-order valence-corrected chi connectivity index (χ0v) is 19.0. The van der Waals surface area contributed by atoms with Crippen molar-refractivity contribution in [3.8, 4) is 0 Å². The van der Waals surface area contributed by atoms with Gasteiger partial charge >= 0.3 is 6.09 Å². The van der Waals surface area contributed by atoms with Gasteiger partial charge in [-0.25, -0.2) is 4.79 Å². The summed E-state index contributed by atoms with van der Waals surface area (Å²) in [7, 11) is 3.44. The summed E-state index contributed by atoms with van der Waals surface area (Å²) in [5.74, 6) is 1.36. The highest BCUT2D eigenvalue weighted by molar-refractivity contribution is 14.0. The predicted octanol–water partition coefficient (Wildman–Crippen LogP) is 1.69. The zero-order valence-electron chi connectivity index (χ0n) is 16.7. The summed E-state index contributed by atoms with van der Waals surface area (Å²) in [4.78, 5) is 18.1. The molecule has 1 amide bonds. The van der Waals surface area contributed by atoms with Crippen LogP contribution >= 0.6 is 24.0 Å². The number of likely N-dealkylation sites (tertiary alicyclic amines) is 1. The first-order chi connectivity index (χ1) is 11.9. The van der Waals surface area contributed by atoms with Crippen molar-refractivity contribution in [3.63, 3.8) is 0 Å². The van der Waals surface area contributed by atoms with E-state index in [1.54, 1.807) is 14.2 Å². The highest BCUT2D eigenvalue weighted by Crippen LogP contribution is 2.16.